The minimum absolute atomic E-state index is 0.0539. The van der Waals surface area contributed by atoms with Crippen LogP contribution in [0.1, 0.15) is 40.8 Å². The van der Waals surface area contributed by atoms with Crippen LogP contribution in [0, 0.1) is 6.92 Å². The van der Waals surface area contributed by atoms with Crippen molar-refractivity contribution in [3.63, 3.8) is 0 Å². The van der Waals surface area contributed by atoms with E-state index in [0.717, 1.165) is 22.3 Å². The van der Waals surface area contributed by atoms with E-state index in [-0.39, 0.29) is 18.9 Å². The average molecular weight is 391 g/mol. The number of hydrogen-bond acceptors (Lipinski definition) is 4. The van der Waals surface area contributed by atoms with Crippen molar-refractivity contribution in [3.8, 4) is 11.1 Å². The van der Waals surface area contributed by atoms with Crippen LogP contribution in [-0.2, 0) is 9.53 Å². The van der Waals surface area contributed by atoms with Gasteiger partial charge in [0.15, 0.2) is 0 Å². The fraction of sp³-hybridized carbons (Fsp3) is 0.217. The standard InChI is InChI=1S/C23H21NO5/c1-14-15(10-11-28-14)21(12-22(25)26)24-23(27)29-13-20-18-8-4-2-6-16(18)17-7-3-5-9-19(17)20/h2-11,20-21H,12-13H2,1H3,(H,24,27)(H,25,26)/t21-/m1/s1. The van der Waals surface area contributed by atoms with Gasteiger partial charge in [-0.25, -0.2) is 4.79 Å². The van der Waals surface area contributed by atoms with Gasteiger partial charge in [0.25, 0.3) is 0 Å². The number of rotatable bonds is 6. The zero-order valence-corrected chi connectivity index (χ0v) is 15.9. The van der Waals surface area contributed by atoms with Crippen LogP contribution >= 0.6 is 0 Å². The van der Waals surface area contributed by atoms with Crippen molar-refractivity contribution in [1.29, 1.82) is 0 Å². The molecule has 0 saturated carbocycles. The number of carbonyl (C=O) groups is 2. The summed E-state index contributed by atoms with van der Waals surface area (Å²) in [5.41, 5.74) is 5.16. The molecule has 1 aliphatic carbocycles. The highest BCUT2D eigenvalue weighted by molar-refractivity contribution is 5.79. The third-order valence-corrected chi connectivity index (χ3v) is 5.29. The number of carboxylic acids is 1. The highest BCUT2D eigenvalue weighted by Gasteiger charge is 2.29. The first kappa shape index (κ1) is 18.8. The third kappa shape index (κ3) is 3.74. The van der Waals surface area contributed by atoms with E-state index in [4.69, 9.17) is 9.15 Å². The summed E-state index contributed by atoms with van der Waals surface area (Å²) in [4.78, 5) is 23.7. The molecule has 0 saturated heterocycles. The minimum atomic E-state index is -1.02. The Balaban J connectivity index is 1.48. The number of furan rings is 1. The Kier molecular flexibility index (Phi) is 5.08. The molecule has 6 heteroatoms. The summed E-state index contributed by atoms with van der Waals surface area (Å²) in [5, 5.41) is 11.8. The molecule has 6 nitrogen and oxygen atoms in total. The summed E-state index contributed by atoms with van der Waals surface area (Å²) in [6, 6.07) is 17.1. The summed E-state index contributed by atoms with van der Waals surface area (Å²) in [6.45, 7) is 1.90. The van der Waals surface area contributed by atoms with E-state index in [1.54, 1.807) is 13.0 Å². The summed E-state index contributed by atoms with van der Waals surface area (Å²) in [7, 11) is 0. The highest BCUT2D eigenvalue weighted by atomic mass is 16.5. The fourth-order valence-electron chi connectivity index (χ4n) is 3.95. The largest absolute Gasteiger partial charge is 0.481 e. The van der Waals surface area contributed by atoms with Crippen molar-refractivity contribution in [1.82, 2.24) is 5.32 Å². The quantitative estimate of drug-likeness (QED) is 0.639. The van der Waals surface area contributed by atoms with Gasteiger partial charge in [0.05, 0.1) is 18.7 Å². The van der Waals surface area contributed by atoms with E-state index in [0.29, 0.717) is 11.3 Å². The van der Waals surface area contributed by atoms with Gasteiger partial charge in [-0.2, -0.15) is 0 Å². The molecule has 29 heavy (non-hydrogen) atoms. The van der Waals surface area contributed by atoms with E-state index >= 15 is 0 Å². The van der Waals surface area contributed by atoms with Crippen molar-refractivity contribution in [3.05, 3.63) is 83.3 Å². The number of aryl methyl sites for hydroxylation is 1. The van der Waals surface area contributed by atoms with Gasteiger partial charge in [-0.05, 0) is 35.2 Å². The summed E-state index contributed by atoms with van der Waals surface area (Å²) < 4.78 is 10.8. The Morgan fingerprint density at radius 2 is 1.69 bits per heavy atom. The smallest absolute Gasteiger partial charge is 0.407 e. The Morgan fingerprint density at radius 1 is 1.07 bits per heavy atom. The lowest BCUT2D eigenvalue weighted by Gasteiger charge is -2.18. The topological polar surface area (TPSA) is 88.8 Å². The number of fused-ring (bicyclic) bond motifs is 3. The van der Waals surface area contributed by atoms with E-state index in [1.807, 2.05) is 36.4 Å². The highest BCUT2D eigenvalue weighted by Crippen LogP contribution is 2.44. The molecule has 0 spiro atoms. The van der Waals surface area contributed by atoms with Crippen LogP contribution < -0.4 is 5.32 Å². The SMILES string of the molecule is Cc1occc1[C@@H](CC(=O)O)NC(=O)OCC1c2ccccc2-c2ccccc21. The lowest BCUT2D eigenvalue weighted by Crippen LogP contribution is -2.31. The normalized spacial score (nSPS) is 13.4. The Morgan fingerprint density at radius 3 is 2.24 bits per heavy atom. The monoisotopic (exact) mass is 391 g/mol. The number of nitrogens with one attached hydrogen (secondary N) is 1. The second-order valence-corrected chi connectivity index (χ2v) is 7.05. The third-order valence-electron chi connectivity index (χ3n) is 5.29. The minimum Gasteiger partial charge on any atom is -0.481 e. The Bertz CT molecular complexity index is 1010. The average Bonchev–Trinajstić information content (AvgIpc) is 3.27. The van der Waals surface area contributed by atoms with E-state index in [9.17, 15) is 14.7 Å². The zero-order valence-electron chi connectivity index (χ0n) is 15.9. The molecular formula is C23H21NO5. The number of ether oxygens (including phenoxy) is 1. The van der Waals surface area contributed by atoms with Gasteiger partial charge < -0.3 is 19.6 Å². The summed E-state index contributed by atoms with van der Waals surface area (Å²) in [5.74, 6) is -0.508. The van der Waals surface area contributed by atoms with Crippen molar-refractivity contribution >= 4 is 12.1 Å². The van der Waals surface area contributed by atoms with Crippen LogP contribution in [0.4, 0.5) is 4.79 Å². The predicted molar refractivity (Wildman–Crippen MR) is 107 cm³/mol. The maximum atomic E-state index is 12.5. The van der Waals surface area contributed by atoms with E-state index in [1.165, 1.54) is 6.26 Å². The van der Waals surface area contributed by atoms with Gasteiger partial charge in [0.2, 0.25) is 0 Å². The first-order valence-corrected chi connectivity index (χ1v) is 9.42. The molecule has 0 aliphatic heterocycles. The number of carboxylic acid groups (broad SMARTS) is 1. The lowest BCUT2D eigenvalue weighted by atomic mass is 9.98. The van der Waals surface area contributed by atoms with Crippen LogP contribution in [-0.4, -0.2) is 23.8 Å². The molecule has 0 radical (unpaired) electrons. The molecular weight excluding hydrogens is 370 g/mol. The van der Waals surface area contributed by atoms with Gasteiger partial charge in [-0.3, -0.25) is 4.79 Å². The molecule has 4 rings (SSSR count). The van der Waals surface area contributed by atoms with Gasteiger partial charge in [-0.1, -0.05) is 48.5 Å². The molecule has 3 aromatic rings. The lowest BCUT2D eigenvalue weighted by molar-refractivity contribution is -0.137. The predicted octanol–water partition coefficient (Wildman–Crippen LogP) is 4.64. The molecule has 1 aromatic heterocycles. The summed E-state index contributed by atoms with van der Waals surface area (Å²) in [6.07, 6.45) is 0.558. The van der Waals surface area contributed by atoms with Gasteiger partial charge in [-0.15, -0.1) is 0 Å². The van der Waals surface area contributed by atoms with Crippen molar-refractivity contribution in [2.75, 3.05) is 6.61 Å². The molecule has 1 heterocycles. The van der Waals surface area contributed by atoms with Crippen LogP contribution in [0.25, 0.3) is 11.1 Å². The number of aliphatic carboxylic acids is 1. The van der Waals surface area contributed by atoms with Gasteiger partial charge >= 0.3 is 12.1 Å². The van der Waals surface area contributed by atoms with Crippen molar-refractivity contribution in [2.45, 2.75) is 25.3 Å². The molecule has 0 unspecified atom stereocenters. The molecule has 0 fully saturated rings. The Labute approximate surface area is 168 Å². The maximum Gasteiger partial charge on any atom is 0.407 e. The number of carbonyl (C=O) groups excluding carboxylic acids is 1. The van der Waals surface area contributed by atoms with Gasteiger partial charge in [0, 0.05) is 11.5 Å². The second-order valence-electron chi connectivity index (χ2n) is 7.05. The van der Waals surface area contributed by atoms with E-state index < -0.39 is 18.1 Å². The fourth-order valence-corrected chi connectivity index (χ4v) is 3.95. The zero-order chi connectivity index (χ0) is 20.4. The molecule has 1 aliphatic rings. The first-order valence-electron chi connectivity index (χ1n) is 9.42. The van der Waals surface area contributed by atoms with Gasteiger partial charge in [0.1, 0.15) is 12.4 Å². The molecule has 2 aromatic carbocycles. The molecule has 2 N–H and O–H groups in total. The number of hydrogen-bond donors (Lipinski definition) is 2. The number of amides is 1. The molecule has 1 amide bonds. The molecule has 1 atom stereocenters. The number of benzene rings is 2. The van der Waals surface area contributed by atoms with Crippen molar-refractivity contribution < 1.29 is 23.8 Å². The van der Waals surface area contributed by atoms with Crippen LogP contribution in [0.15, 0.2) is 65.3 Å². The van der Waals surface area contributed by atoms with Crippen LogP contribution in [0.2, 0.25) is 0 Å². The van der Waals surface area contributed by atoms with Crippen molar-refractivity contribution in [2.24, 2.45) is 0 Å². The first-order chi connectivity index (χ1) is 14.0. The molecule has 148 valence electrons. The Hall–Kier alpha value is -3.54. The van der Waals surface area contributed by atoms with Crippen LogP contribution in [0.5, 0.6) is 0 Å². The van der Waals surface area contributed by atoms with E-state index in [2.05, 4.69) is 17.4 Å². The molecule has 0 bridgehead atoms. The summed E-state index contributed by atoms with van der Waals surface area (Å²) >= 11 is 0. The maximum absolute atomic E-state index is 12.5. The van der Waals surface area contributed by atoms with Crippen LogP contribution in [0.3, 0.4) is 0 Å². The number of alkyl carbamates (subject to hydrolysis) is 1. The second kappa shape index (κ2) is 7.83.